The van der Waals surface area contributed by atoms with Crippen LogP contribution in [0.15, 0.2) is 30.3 Å². The number of carbonyl (C=O) groups excluding carboxylic acids is 1. The summed E-state index contributed by atoms with van der Waals surface area (Å²) in [5.74, 6) is 0.931. The molecule has 0 atom stereocenters. The number of amides is 1. The molecule has 2 fully saturated rings. The summed E-state index contributed by atoms with van der Waals surface area (Å²) in [6.45, 7) is 3.20. The Hall–Kier alpha value is -1.35. The Morgan fingerprint density at radius 2 is 1.70 bits per heavy atom. The first-order valence-electron chi connectivity index (χ1n) is 9.35. The summed E-state index contributed by atoms with van der Waals surface area (Å²) < 4.78 is 0. The molecule has 1 aliphatic heterocycles. The van der Waals surface area contributed by atoms with Gasteiger partial charge in [0.05, 0.1) is 0 Å². The molecule has 1 amide bonds. The van der Waals surface area contributed by atoms with Gasteiger partial charge in [-0.3, -0.25) is 9.69 Å². The lowest BCUT2D eigenvalue weighted by Gasteiger charge is -2.32. The highest BCUT2D eigenvalue weighted by molar-refractivity contribution is 5.76. The summed E-state index contributed by atoms with van der Waals surface area (Å²) in [6.07, 6.45) is 9.42. The molecule has 1 aromatic rings. The van der Waals surface area contributed by atoms with Gasteiger partial charge in [-0.2, -0.15) is 0 Å². The van der Waals surface area contributed by atoms with Gasteiger partial charge in [0, 0.05) is 32.1 Å². The van der Waals surface area contributed by atoms with Crippen LogP contribution in [0.25, 0.3) is 0 Å². The Morgan fingerprint density at radius 1 is 1.00 bits per heavy atom. The minimum Gasteiger partial charge on any atom is -0.353 e. The van der Waals surface area contributed by atoms with Crippen molar-refractivity contribution in [3.63, 3.8) is 0 Å². The number of benzene rings is 1. The van der Waals surface area contributed by atoms with Crippen molar-refractivity contribution in [2.45, 2.75) is 64.0 Å². The smallest absolute Gasteiger partial charge is 0.220 e. The standard InChI is InChI=1S/C20H30N2O/c23-20(15-17-7-3-1-4-8-17)21-19-11-13-22(14-12-19)16-18-9-5-2-6-10-18/h2,5-6,9-10,17,19H,1,3-4,7-8,11-16H2,(H,21,23). The number of piperidine rings is 1. The molecule has 0 spiro atoms. The number of carbonyl (C=O) groups is 1. The summed E-state index contributed by atoms with van der Waals surface area (Å²) in [7, 11) is 0. The Balaban J connectivity index is 1.36. The molecule has 3 heteroatoms. The number of nitrogens with zero attached hydrogens (tertiary/aromatic N) is 1. The zero-order valence-corrected chi connectivity index (χ0v) is 14.2. The van der Waals surface area contributed by atoms with E-state index >= 15 is 0 Å². The number of hydrogen-bond donors (Lipinski definition) is 1. The van der Waals surface area contributed by atoms with E-state index in [-0.39, 0.29) is 0 Å². The zero-order valence-electron chi connectivity index (χ0n) is 14.2. The van der Waals surface area contributed by atoms with E-state index in [4.69, 9.17) is 0 Å². The van der Waals surface area contributed by atoms with Gasteiger partial charge in [0.1, 0.15) is 0 Å². The molecule has 1 heterocycles. The van der Waals surface area contributed by atoms with Gasteiger partial charge in [0.25, 0.3) is 0 Å². The van der Waals surface area contributed by atoms with Crippen LogP contribution >= 0.6 is 0 Å². The molecular formula is C20H30N2O. The lowest BCUT2D eigenvalue weighted by Crippen LogP contribution is -2.44. The predicted octanol–water partition coefficient (Wildman–Crippen LogP) is 3.74. The van der Waals surface area contributed by atoms with Gasteiger partial charge in [0.15, 0.2) is 0 Å². The Labute approximate surface area is 140 Å². The van der Waals surface area contributed by atoms with E-state index in [0.717, 1.165) is 38.9 Å². The van der Waals surface area contributed by atoms with Gasteiger partial charge < -0.3 is 5.32 Å². The van der Waals surface area contributed by atoms with Gasteiger partial charge in [-0.25, -0.2) is 0 Å². The van der Waals surface area contributed by atoms with Crippen LogP contribution in [0.3, 0.4) is 0 Å². The fourth-order valence-corrected chi connectivity index (χ4v) is 4.02. The van der Waals surface area contributed by atoms with E-state index in [9.17, 15) is 4.79 Å². The van der Waals surface area contributed by atoms with Gasteiger partial charge in [-0.1, -0.05) is 49.6 Å². The molecule has 23 heavy (non-hydrogen) atoms. The van der Waals surface area contributed by atoms with E-state index in [1.54, 1.807) is 0 Å². The summed E-state index contributed by atoms with van der Waals surface area (Å²) in [5.41, 5.74) is 1.38. The van der Waals surface area contributed by atoms with E-state index < -0.39 is 0 Å². The lowest BCUT2D eigenvalue weighted by atomic mass is 9.86. The van der Waals surface area contributed by atoms with Crippen LogP contribution in [-0.2, 0) is 11.3 Å². The lowest BCUT2D eigenvalue weighted by molar-refractivity contribution is -0.123. The second-order valence-corrected chi connectivity index (χ2v) is 7.31. The van der Waals surface area contributed by atoms with Crippen molar-refractivity contribution in [3.8, 4) is 0 Å². The molecule has 0 aromatic heterocycles. The molecule has 1 aliphatic carbocycles. The second-order valence-electron chi connectivity index (χ2n) is 7.31. The van der Waals surface area contributed by atoms with E-state index in [1.807, 2.05) is 0 Å². The molecule has 2 aliphatic rings. The van der Waals surface area contributed by atoms with Crippen molar-refractivity contribution in [1.82, 2.24) is 10.2 Å². The first-order chi connectivity index (χ1) is 11.3. The first kappa shape index (κ1) is 16.5. The molecule has 126 valence electrons. The summed E-state index contributed by atoms with van der Waals surface area (Å²) in [5, 5.41) is 3.28. The zero-order chi connectivity index (χ0) is 15.9. The predicted molar refractivity (Wildman–Crippen MR) is 94.1 cm³/mol. The van der Waals surface area contributed by atoms with Crippen molar-refractivity contribution in [2.75, 3.05) is 13.1 Å². The Bertz CT molecular complexity index is 474. The summed E-state index contributed by atoms with van der Waals surface area (Å²) >= 11 is 0. The van der Waals surface area contributed by atoms with Crippen molar-refractivity contribution in [3.05, 3.63) is 35.9 Å². The fourth-order valence-electron chi connectivity index (χ4n) is 4.02. The average molecular weight is 314 g/mol. The number of likely N-dealkylation sites (tertiary alicyclic amines) is 1. The third kappa shape index (κ3) is 5.35. The monoisotopic (exact) mass is 314 g/mol. The van der Waals surface area contributed by atoms with Crippen LogP contribution in [0, 0.1) is 5.92 Å². The summed E-state index contributed by atoms with van der Waals surface area (Å²) in [6, 6.07) is 11.0. The van der Waals surface area contributed by atoms with Crippen molar-refractivity contribution in [1.29, 1.82) is 0 Å². The topological polar surface area (TPSA) is 32.3 Å². The highest BCUT2D eigenvalue weighted by Gasteiger charge is 2.22. The quantitative estimate of drug-likeness (QED) is 0.898. The highest BCUT2D eigenvalue weighted by Crippen LogP contribution is 2.26. The molecule has 1 saturated carbocycles. The normalized spacial score (nSPS) is 21.2. The maximum Gasteiger partial charge on any atom is 0.220 e. The van der Waals surface area contributed by atoms with Gasteiger partial charge in [0.2, 0.25) is 5.91 Å². The van der Waals surface area contributed by atoms with E-state index in [1.165, 1.54) is 37.7 Å². The van der Waals surface area contributed by atoms with Crippen LogP contribution in [0.5, 0.6) is 0 Å². The van der Waals surface area contributed by atoms with Gasteiger partial charge >= 0.3 is 0 Å². The Morgan fingerprint density at radius 3 is 2.39 bits per heavy atom. The second kappa shape index (κ2) is 8.49. The summed E-state index contributed by atoms with van der Waals surface area (Å²) in [4.78, 5) is 14.7. The molecule has 0 radical (unpaired) electrons. The van der Waals surface area contributed by atoms with Crippen LogP contribution < -0.4 is 5.32 Å². The number of nitrogens with one attached hydrogen (secondary N) is 1. The SMILES string of the molecule is O=C(CC1CCCCC1)NC1CCN(Cc2ccccc2)CC1. The molecule has 0 bridgehead atoms. The minimum absolute atomic E-state index is 0.290. The number of hydrogen-bond acceptors (Lipinski definition) is 2. The van der Waals surface area contributed by atoms with Crippen molar-refractivity contribution < 1.29 is 4.79 Å². The molecule has 3 nitrogen and oxygen atoms in total. The molecule has 1 saturated heterocycles. The first-order valence-corrected chi connectivity index (χ1v) is 9.35. The van der Waals surface area contributed by atoms with Gasteiger partial charge in [-0.05, 0) is 37.2 Å². The third-order valence-electron chi connectivity index (χ3n) is 5.40. The van der Waals surface area contributed by atoms with Crippen LogP contribution in [-0.4, -0.2) is 29.9 Å². The minimum atomic E-state index is 0.290. The van der Waals surface area contributed by atoms with E-state index in [0.29, 0.717) is 17.9 Å². The third-order valence-corrected chi connectivity index (χ3v) is 5.40. The van der Waals surface area contributed by atoms with Crippen LogP contribution in [0.2, 0.25) is 0 Å². The molecular weight excluding hydrogens is 284 g/mol. The van der Waals surface area contributed by atoms with Crippen LogP contribution in [0.4, 0.5) is 0 Å². The molecule has 0 unspecified atom stereocenters. The van der Waals surface area contributed by atoms with Gasteiger partial charge in [-0.15, -0.1) is 0 Å². The van der Waals surface area contributed by atoms with Crippen LogP contribution in [0.1, 0.15) is 56.9 Å². The largest absolute Gasteiger partial charge is 0.353 e. The number of rotatable bonds is 5. The highest BCUT2D eigenvalue weighted by atomic mass is 16.1. The average Bonchev–Trinajstić information content (AvgIpc) is 2.58. The Kier molecular flexibility index (Phi) is 6.09. The molecule has 1 N–H and O–H groups in total. The molecule has 3 rings (SSSR count). The maximum absolute atomic E-state index is 12.2. The van der Waals surface area contributed by atoms with E-state index in [2.05, 4.69) is 40.5 Å². The van der Waals surface area contributed by atoms with Crippen molar-refractivity contribution in [2.24, 2.45) is 5.92 Å². The van der Waals surface area contributed by atoms with Crippen molar-refractivity contribution >= 4 is 5.91 Å². The molecule has 1 aromatic carbocycles. The fraction of sp³-hybridized carbons (Fsp3) is 0.650. The maximum atomic E-state index is 12.2.